The van der Waals surface area contributed by atoms with Crippen molar-refractivity contribution in [1.82, 2.24) is 0 Å². The number of aromatic nitrogens is 1. The third kappa shape index (κ3) is 6.16. The third-order valence-electron chi connectivity index (χ3n) is 5.90. The van der Waals surface area contributed by atoms with Crippen LogP contribution in [0.15, 0.2) is 58.0 Å². The van der Waals surface area contributed by atoms with Gasteiger partial charge >= 0.3 is 0 Å². The summed E-state index contributed by atoms with van der Waals surface area (Å²) in [6.45, 7) is 7.27. The second-order valence-electron chi connectivity index (χ2n) is 8.68. The van der Waals surface area contributed by atoms with E-state index in [-0.39, 0.29) is 18.8 Å². The van der Waals surface area contributed by atoms with E-state index in [1.807, 2.05) is 6.92 Å². The second-order valence-corrected chi connectivity index (χ2v) is 12.3. The number of aryl methyl sites for hydroxylation is 3. The highest BCUT2D eigenvalue weighted by Gasteiger charge is 2.25. The predicted octanol–water partition coefficient (Wildman–Crippen LogP) is 4.98. The van der Waals surface area contributed by atoms with E-state index < -0.39 is 10.1 Å². The first-order chi connectivity index (χ1) is 16.7. The Balaban J connectivity index is 1.73. The average Bonchev–Trinajstić information content (AvgIpc) is 3.30. The van der Waals surface area contributed by atoms with Crippen molar-refractivity contribution in [2.75, 3.05) is 23.8 Å². The van der Waals surface area contributed by atoms with Gasteiger partial charge in [-0.3, -0.25) is 0 Å². The van der Waals surface area contributed by atoms with Crippen LogP contribution in [0.3, 0.4) is 0 Å². The van der Waals surface area contributed by atoms with Gasteiger partial charge < -0.3 is 14.6 Å². The van der Waals surface area contributed by atoms with Crippen LogP contribution in [0.25, 0.3) is 16.3 Å². The van der Waals surface area contributed by atoms with Crippen LogP contribution in [0.5, 0.6) is 0 Å². The van der Waals surface area contributed by atoms with Crippen molar-refractivity contribution in [2.45, 2.75) is 45.1 Å². The summed E-state index contributed by atoms with van der Waals surface area (Å²) in [4.78, 5) is 3.34. The molecular weight excluding hydrogens is 500 g/mol. The number of aliphatic hydroxyl groups is 1. The van der Waals surface area contributed by atoms with Gasteiger partial charge in [0.05, 0.1) is 27.4 Å². The number of β-amino-alcohol motifs (C(OH)–C–C–N with tert-alkyl or cyclic N) is 1. The SMILES string of the molecule is CCC(=Cc1sc2ccc(C)cc2[n+]1CCCS(=O)(=O)[O-])C=C1Sc2ccc(C)cc2N1CCO. The summed E-state index contributed by atoms with van der Waals surface area (Å²) >= 11 is 3.37. The Labute approximate surface area is 215 Å². The van der Waals surface area contributed by atoms with Crippen molar-refractivity contribution in [2.24, 2.45) is 0 Å². The Morgan fingerprint density at radius 3 is 2.63 bits per heavy atom. The fourth-order valence-electron chi connectivity index (χ4n) is 4.16. The molecule has 0 amide bonds. The highest BCUT2D eigenvalue weighted by molar-refractivity contribution is 8.03. The summed E-state index contributed by atoms with van der Waals surface area (Å²) in [5.74, 6) is -0.374. The zero-order valence-electron chi connectivity index (χ0n) is 20.2. The lowest BCUT2D eigenvalue weighted by Gasteiger charge is -2.19. The van der Waals surface area contributed by atoms with Crippen LogP contribution in [0.2, 0.25) is 0 Å². The van der Waals surface area contributed by atoms with Crippen LogP contribution in [-0.4, -0.2) is 37.0 Å². The normalized spacial score (nSPS) is 15.4. The van der Waals surface area contributed by atoms with Gasteiger partial charge in [0.25, 0.3) is 5.01 Å². The van der Waals surface area contributed by atoms with Crippen LogP contribution in [0, 0.1) is 13.8 Å². The number of hydrogen-bond acceptors (Lipinski definition) is 7. The molecule has 1 N–H and O–H groups in total. The Hall–Kier alpha value is -2.17. The lowest BCUT2D eigenvalue weighted by Crippen LogP contribution is -2.36. The van der Waals surface area contributed by atoms with Crippen LogP contribution in [0.4, 0.5) is 5.69 Å². The summed E-state index contributed by atoms with van der Waals surface area (Å²) in [5, 5.41) is 11.8. The van der Waals surface area contributed by atoms with Gasteiger partial charge in [-0.1, -0.05) is 42.2 Å². The van der Waals surface area contributed by atoms with Gasteiger partial charge in [0.1, 0.15) is 4.70 Å². The molecule has 6 nitrogen and oxygen atoms in total. The van der Waals surface area contributed by atoms with Gasteiger partial charge in [-0.05, 0) is 61.2 Å². The molecule has 3 aromatic rings. The van der Waals surface area contributed by atoms with Crippen LogP contribution in [0.1, 0.15) is 35.9 Å². The molecule has 1 aliphatic rings. The molecule has 0 bridgehead atoms. The molecule has 0 spiro atoms. The van der Waals surface area contributed by atoms with Crippen LogP contribution >= 0.6 is 23.1 Å². The number of anilines is 1. The van der Waals surface area contributed by atoms with Gasteiger partial charge in [-0.2, -0.15) is 4.57 Å². The molecule has 2 aromatic carbocycles. The zero-order valence-corrected chi connectivity index (χ0v) is 22.6. The number of aliphatic hydroxyl groups excluding tert-OH is 1. The van der Waals surface area contributed by atoms with E-state index in [1.165, 1.54) is 10.5 Å². The van der Waals surface area contributed by atoms with E-state index in [0.29, 0.717) is 13.1 Å². The van der Waals surface area contributed by atoms with Crippen molar-refractivity contribution in [3.8, 4) is 0 Å². The molecule has 0 atom stereocenters. The van der Waals surface area contributed by atoms with Crippen molar-refractivity contribution in [3.63, 3.8) is 0 Å². The number of fused-ring (bicyclic) bond motifs is 2. The lowest BCUT2D eigenvalue weighted by molar-refractivity contribution is -0.668. The zero-order chi connectivity index (χ0) is 25.2. The number of benzene rings is 2. The first kappa shape index (κ1) is 25.9. The summed E-state index contributed by atoms with van der Waals surface area (Å²) in [5.41, 5.74) is 5.61. The molecule has 0 saturated carbocycles. The van der Waals surface area contributed by atoms with E-state index in [4.69, 9.17) is 0 Å². The maximum absolute atomic E-state index is 11.2. The minimum Gasteiger partial charge on any atom is -0.748 e. The summed E-state index contributed by atoms with van der Waals surface area (Å²) in [6.07, 6.45) is 5.42. The van der Waals surface area contributed by atoms with E-state index in [2.05, 4.69) is 71.9 Å². The van der Waals surface area contributed by atoms with Crippen molar-refractivity contribution in [1.29, 1.82) is 0 Å². The van der Waals surface area contributed by atoms with E-state index in [1.54, 1.807) is 23.1 Å². The monoisotopic (exact) mass is 530 g/mol. The van der Waals surface area contributed by atoms with Crippen LogP contribution in [-0.2, 0) is 16.7 Å². The van der Waals surface area contributed by atoms with Gasteiger partial charge in [0.2, 0.25) is 5.52 Å². The summed E-state index contributed by atoms with van der Waals surface area (Å²) in [7, 11) is -4.25. The number of thioether (sulfide) groups is 1. The molecule has 0 fully saturated rings. The molecule has 0 radical (unpaired) electrons. The standard InChI is InChI=1S/C26H30N2O4S3/c1-4-20(17-26-28(11-12-29)22-15-19(3)7-9-24(22)34-26)16-25-27(10-5-13-35(30,31)32)21-14-18(2)6-8-23(21)33-25/h6-9,14-17,29H,4-5,10-13H2,1-3H3. The quantitative estimate of drug-likeness (QED) is 0.310. The number of allylic oxidation sites excluding steroid dienone is 2. The van der Waals surface area contributed by atoms with Crippen molar-refractivity contribution < 1.29 is 22.6 Å². The van der Waals surface area contributed by atoms with E-state index in [0.717, 1.165) is 43.5 Å². The van der Waals surface area contributed by atoms with Gasteiger partial charge in [-0.15, -0.1) is 0 Å². The van der Waals surface area contributed by atoms with Crippen molar-refractivity contribution >= 4 is 55.2 Å². The average molecular weight is 531 g/mol. The summed E-state index contributed by atoms with van der Waals surface area (Å²) < 4.78 is 36.8. The van der Waals surface area contributed by atoms with Gasteiger partial charge in [0.15, 0.2) is 6.54 Å². The third-order valence-corrected chi connectivity index (χ3v) is 8.91. The fourth-order valence-corrected chi connectivity index (χ4v) is 6.93. The Morgan fingerprint density at radius 2 is 1.91 bits per heavy atom. The molecule has 186 valence electrons. The molecule has 0 saturated heterocycles. The second kappa shape index (κ2) is 10.8. The maximum atomic E-state index is 11.2. The smallest absolute Gasteiger partial charge is 0.263 e. The van der Waals surface area contributed by atoms with E-state index in [9.17, 15) is 18.1 Å². The minimum atomic E-state index is -4.25. The number of nitrogens with zero attached hydrogens (tertiary/aromatic N) is 2. The Morgan fingerprint density at radius 1 is 1.17 bits per heavy atom. The summed E-state index contributed by atoms with van der Waals surface area (Å²) in [6, 6.07) is 12.7. The molecule has 1 aliphatic heterocycles. The molecular formula is C26H30N2O4S3. The van der Waals surface area contributed by atoms with Crippen molar-refractivity contribution in [3.05, 3.63) is 69.2 Å². The van der Waals surface area contributed by atoms with Crippen LogP contribution < -0.4 is 9.47 Å². The molecule has 1 aromatic heterocycles. The number of hydrogen-bond donors (Lipinski definition) is 1. The first-order valence-corrected chi connectivity index (χ1v) is 14.9. The first-order valence-electron chi connectivity index (χ1n) is 11.6. The molecule has 35 heavy (non-hydrogen) atoms. The number of rotatable bonds is 9. The largest absolute Gasteiger partial charge is 0.748 e. The fraction of sp³-hybridized carbons (Fsp3) is 0.346. The number of thiazole rings is 1. The van der Waals surface area contributed by atoms with E-state index >= 15 is 0 Å². The molecule has 2 heterocycles. The topological polar surface area (TPSA) is 84.5 Å². The lowest BCUT2D eigenvalue weighted by atomic mass is 10.1. The highest BCUT2D eigenvalue weighted by Crippen LogP contribution is 2.46. The highest BCUT2D eigenvalue weighted by atomic mass is 32.2. The predicted molar refractivity (Wildman–Crippen MR) is 144 cm³/mol. The molecule has 4 rings (SSSR count). The minimum absolute atomic E-state index is 0.0642. The maximum Gasteiger partial charge on any atom is 0.263 e. The molecule has 0 unspecified atom stereocenters. The van der Waals surface area contributed by atoms with Gasteiger partial charge in [0, 0.05) is 35.8 Å². The molecule has 9 heteroatoms. The van der Waals surface area contributed by atoms with Gasteiger partial charge in [-0.25, -0.2) is 8.42 Å². The Kier molecular flexibility index (Phi) is 8.02. The Bertz CT molecular complexity index is 1410. The molecule has 0 aliphatic carbocycles.